The lowest BCUT2D eigenvalue weighted by Gasteiger charge is -2.20. The molecule has 2 fully saturated rings. The molecule has 0 aromatic heterocycles. The number of halogens is 1. The van der Waals surface area contributed by atoms with Crippen LogP contribution in [0.1, 0.15) is 29.9 Å². The highest BCUT2D eigenvalue weighted by atomic mass is 35.5. The van der Waals surface area contributed by atoms with E-state index in [0.29, 0.717) is 5.92 Å². The summed E-state index contributed by atoms with van der Waals surface area (Å²) in [6.45, 7) is 4.41. The van der Waals surface area contributed by atoms with Crippen molar-refractivity contribution >= 4 is 18.3 Å². The predicted octanol–water partition coefficient (Wildman–Crippen LogP) is 3.04. The van der Waals surface area contributed by atoms with Gasteiger partial charge < -0.3 is 15.4 Å². The third kappa shape index (κ3) is 5.30. The van der Waals surface area contributed by atoms with Gasteiger partial charge in [-0.1, -0.05) is 48.5 Å². The van der Waals surface area contributed by atoms with E-state index in [2.05, 4.69) is 35.2 Å². The second kappa shape index (κ2) is 10.1. The van der Waals surface area contributed by atoms with Crippen LogP contribution in [0.4, 0.5) is 0 Å². The molecule has 0 aliphatic carbocycles. The Morgan fingerprint density at radius 1 is 1.00 bits per heavy atom. The summed E-state index contributed by atoms with van der Waals surface area (Å²) in [7, 11) is 0. The zero-order valence-electron chi connectivity index (χ0n) is 16.7. The summed E-state index contributed by atoms with van der Waals surface area (Å²) < 4.78 is 5.91. The molecule has 156 valence electrons. The van der Waals surface area contributed by atoms with Gasteiger partial charge in [-0.2, -0.15) is 0 Å². The van der Waals surface area contributed by atoms with Gasteiger partial charge in [0, 0.05) is 50.2 Å². The normalized spacial score (nSPS) is 21.8. The van der Waals surface area contributed by atoms with E-state index in [4.69, 9.17) is 10.5 Å². The monoisotopic (exact) mass is 415 g/mol. The molecule has 2 aliphatic rings. The van der Waals surface area contributed by atoms with Gasteiger partial charge >= 0.3 is 0 Å². The Hall–Kier alpha value is -2.08. The topological polar surface area (TPSA) is 58.8 Å². The lowest BCUT2D eigenvalue weighted by molar-refractivity contribution is -0.132. The number of nitrogens with zero attached hydrogens (tertiary/aromatic N) is 2. The number of amides is 1. The maximum absolute atomic E-state index is 12.3. The van der Waals surface area contributed by atoms with E-state index in [9.17, 15) is 4.79 Å². The van der Waals surface area contributed by atoms with Crippen molar-refractivity contribution in [1.29, 1.82) is 0 Å². The number of nitrogens with two attached hydrogens (primary N) is 1. The highest BCUT2D eigenvalue weighted by molar-refractivity contribution is 5.85. The summed E-state index contributed by atoms with van der Waals surface area (Å²) in [4.78, 5) is 16.6. The van der Waals surface area contributed by atoms with Crippen LogP contribution in [-0.4, -0.2) is 54.5 Å². The number of para-hydroxylation sites is 1. The molecule has 2 heterocycles. The first-order valence-electron chi connectivity index (χ1n) is 10.2. The lowest BCUT2D eigenvalue weighted by atomic mass is 9.95. The van der Waals surface area contributed by atoms with E-state index in [1.165, 1.54) is 5.56 Å². The fourth-order valence-corrected chi connectivity index (χ4v) is 4.31. The van der Waals surface area contributed by atoms with E-state index >= 15 is 0 Å². The minimum absolute atomic E-state index is 0. The van der Waals surface area contributed by atoms with E-state index in [0.717, 1.165) is 56.9 Å². The highest BCUT2D eigenvalue weighted by Crippen LogP contribution is 2.29. The quantitative estimate of drug-likeness (QED) is 0.787. The molecule has 4 rings (SSSR count). The number of rotatable bonds is 6. The van der Waals surface area contributed by atoms with E-state index in [-0.39, 0.29) is 31.0 Å². The number of carbonyl (C=O) groups excluding carboxylic acids is 1. The largest absolute Gasteiger partial charge is 0.483 e. The van der Waals surface area contributed by atoms with Gasteiger partial charge in [0.1, 0.15) is 5.75 Å². The van der Waals surface area contributed by atoms with Crippen molar-refractivity contribution in [1.82, 2.24) is 9.80 Å². The van der Waals surface area contributed by atoms with Gasteiger partial charge in [0.05, 0.1) is 0 Å². The summed E-state index contributed by atoms with van der Waals surface area (Å²) in [5.41, 5.74) is 8.85. The molecule has 0 unspecified atom stereocenters. The number of hydrogen-bond donors (Lipinski definition) is 1. The van der Waals surface area contributed by atoms with Crippen LogP contribution in [0.2, 0.25) is 0 Å². The molecule has 0 saturated carbocycles. The highest BCUT2D eigenvalue weighted by Gasteiger charge is 2.31. The Morgan fingerprint density at radius 2 is 1.69 bits per heavy atom. The molecule has 2 atom stereocenters. The standard InChI is InChI=1S/C23H29N3O2.ClH/c24-21-16-25(15-20(21)18-8-2-1-3-9-18)14-19-10-4-5-11-22(19)28-17-23(27)26-12-6-7-13-26;/h1-5,8-11,20-21H,6-7,12-17,24H2;1H/t20-,21+;/m0./s1. The fourth-order valence-electron chi connectivity index (χ4n) is 4.31. The first-order chi connectivity index (χ1) is 13.7. The molecule has 29 heavy (non-hydrogen) atoms. The van der Waals surface area contributed by atoms with E-state index < -0.39 is 0 Å². The Kier molecular flexibility index (Phi) is 7.53. The lowest BCUT2D eigenvalue weighted by Crippen LogP contribution is -2.32. The van der Waals surface area contributed by atoms with Crippen molar-refractivity contribution in [3.63, 3.8) is 0 Å². The van der Waals surface area contributed by atoms with Crippen LogP contribution in [0.25, 0.3) is 0 Å². The molecular weight excluding hydrogens is 386 g/mol. The molecule has 1 amide bonds. The van der Waals surface area contributed by atoms with Crippen LogP contribution >= 0.6 is 12.4 Å². The number of hydrogen-bond acceptors (Lipinski definition) is 4. The Morgan fingerprint density at radius 3 is 2.45 bits per heavy atom. The van der Waals surface area contributed by atoms with E-state index in [1.807, 2.05) is 29.2 Å². The second-order valence-electron chi connectivity index (χ2n) is 7.86. The molecule has 2 saturated heterocycles. The van der Waals surface area contributed by atoms with Gasteiger partial charge in [-0.05, 0) is 24.5 Å². The SMILES string of the molecule is Cl.N[C@@H]1CN(Cc2ccccc2OCC(=O)N2CCCC2)C[C@H]1c1ccccc1. The molecule has 2 N–H and O–H groups in total. The Bertz CT molecular complexity index is 796. The zero-order chi connectivity index (χ0) is 19.3. The van der Waals surface area contributed by atoms with Crippen LogP contribution in [-0.2, 0) is 11.3 Å². The van der Waals surface area contributed by atoms with Gasteiger partial charge in [-0.15, -0.1) is 12.4 Å². The molecular formula is C23H30ClN3O2. The van der Waals surface area contributed by atoms with Crippen LogP contribution in [0.5, 0.6) is 5.75 Å². The summed E-state index contributed by atoms with van der Waals surface area (Å²) in [5, 5.41) is 0. The van der Waals surface area contributed by atoms with Gasteiger partial charge in [-0.3, -0.25) is 9.69 Å². The molecule has 2 aromatic rings. The Labute approximate surface area is 179 Å². The average Bonchev–Trinajstić information content (AvgIpc) is 3.38. The maximum atomic E-state index is 12.3. The number of ether oxygens (including phenoxy) is 1. The summed E-state index contributed by atoms with van der Waals surface area (Å²) in [6, 6.07) is 18.7. The predicted molar refractivity (Wildman–Crippen MR) is 117 cm³/mol. The molecule has 0 bridgehead atoms. The molecule has 0 spiro atoms. The van der Waals surface area contributed by atoms with Crippen LogP contribution < -0.4 is 10.5 Å². The van der Waals surface area contributed by atoms with Gasteiger partial charge in [-0.25, -0.2) is 0 Å². The average molecular weight is 416 g/mol. The van der Waals surface area contributed by atoms with Crippen molar-refractivity contribution in [2.24, 2.45) is 5.73 Å². The molecule has 2 aromatic carbocycles. The van der Waals surface area contributed by atoms with Crippen molar-refractivity contribution < 1.29 is 9.53 Å². The number of carbonyl (C=O) groups is 1. The maximum Gasteiger partial charge on any atom is 0.260 e. The third-order valence-corrected chi connectivity index (χ3v) is 5.84. The van der Waals surface area contributed by atoms with Crippen LogP contribution in [0, 0.1) is 0 Å². The van der Waals surface area contributed by atoms with Crippen molar-refractivity contribution in [3.05, 3.63) is 65.7 Å². The smallest absolute Gasteiger partial charge is 0.260 e. The minimum atomic E-state index is 0. The van der Waals surface area contributed by atoms with Gasteiger partial charge in [0.2, 0.25) is 0 Å². The molecule has 5 nitrogen and oxygen atoms in total. The van der Waals surface area contributed by atoms with Crippen LogP contribution in [0.15, 0.2) is 54.6 Å². The zero-order valence-corrected chi connectivity index (χ0v) is 17.5. The number of likely N-dealkylation sites (tertiary alicyclic amines) is 2. The second-order valence-corrected chi connectivity index (χ2v) is 7.86. The molecule has 6 heteroatoms. The molecule has 0 radical (unpaired) electrons. The summed E-state index contributed by atoms with van der Waals surface area (Å²) >= 11 is 0. The fraction of sp³-hybridized carbons (Fsp3) is 0.435. The van der Waals surface area contributed by atoms with Gasteiger partial charge in [0.25, 0.3) is 5.91 Å². The molecule has 2 aliphatic heterocycles. The summed E-state index contributed by atoms with van der Waals surface area (Å²) in [6.07, 6.45) is 2.19. The van der Waals surface area contributed by atoms with Crippen molar-refractivity contribution in [2.45, 2.75) is 31.3 Å². The minimum Gasteiger partial charge on any atom is -0.483 e. The number of benzene rings is 2. The van der Waals surface area contributed by atoms with Crippen LogP contribution in [0.3, 0.4) is 0 Å². The third-order valence-electron chi connectivity index (χ3n) is 5.84. The van der Waals surface area contributed by atoms with Gasteiger partial charge in [0.15, 0.2) is 6.61 Å². The first-order valence-corrected chi connectivity index (χ1v) is 10.2. The first kappa shape index (κ1) is 21.6. The van der Waals surface area contributed by atoms with E-state index in [1.54, 1.807) is 0 Å². The van der Waals surface area contributed by atoms with Crippen molar-refractivity contribution in [2.75, 3.05) is 32.8 Å². The van der Waals surface area contributed by atoms with Crippen molar-refractivity contribution in [3.8, 4) is 5.75 Å². The Balaban J connectivity index is 0.00000240. The summed E-state index contributed by atoms with van der Waals surface area (Å²) in [5.74, 6) is 1.23.